The fourth-order valence-corrected chi connectivity index (χ4v) is 2.36. The summed E-state index contributed by atoms with van der Waals surface area (Å²) in [7, 11) is 0. The maximum atomic E-state index is 11.7. The molecule has 0 saturated heterocycles. The minimum Gasteiger partial charge on any atom is -0.351 e. The van der Waals surface area contributed by atoms with Gasteiger partial charge in [-0.1, -0.05) is 18.2 Å². The molecule has 0 bridgehead atoms. The Labute approximate surface area is 116 Å². The standard InChI is InChI=1S/C14H15N3OS/c18-14(13-11-15-8-9-16-13)17-7-4-10-19-12-5-2-1-3-6-12/h1-3,5-6,8-9,11H,4,7,10H2,(H,17,18). The summed E-state index contributed by atoms with van der Waals surface area (Å²) in [6, 6.07) is 10.2. The van der Waals surface area contributed by atoms with E-state index in [9.17, 15) is 4.79 Å². The van der Waals surface area contributed by atoms with Crippen LogP contribution < -0.4 is 5.32 Å². The molecule has 0 fully saturated rings. The maximum Gasteiger partial charge on any atom is 0.271 e. The molecule has 2 rings (SSSR count). The second-order valence-electron chi connectivity index (χ2n) is 3.86. The SMILES string of the molecule is O=C(NCCCSc1ccccc1)c1cnccn1. The second kappa shape index (κ2) is 7.53. The highest BCUT2D eigenvalue weighted by molar-refractivity contribution is 7.99. The van der Waals surface area contributed by atoms with E-state index in [-0.39, 0.29) is 5.91 Å². The second-order valence-corrected chi connectivity index (χ2v) is 5.03. The molecule has 4 nitrogen and oxygen atoms in total. The van der Waals surface area contributed by atoms with E-state index in [0.29, 0.717) is 12.2 Å². The van der Waals surface area contributed by atoms with Crippen molar-refractivity contribution in [3.05, 3.63) is 54.6 Å². The van der Waals surface area contributed by atoms with Crippen molar-refractivity contribution in [3.8, 4) is 0 Å². The molecule has 5 heteroatoms. The van der Waals surface area contributed by atoms with Crippen molar-refractivity contribution in [1.29, 1.82) is 0 Å². The van der Waals surface area contributed by atoms with Gasteiger partial charge in [0.25, 0.3) is 5.91 Å². The first-order valence-electron chi connectivity index (χ1n) is 6.08. The molecule has 1 heterocycles. The highest BCUT2D eigenvalue weighted by Crippen LogP contribution is 2.17. The van der Waals surface area contributed by atoms with Crippen molar-refractivity contribution in [3.63, 3.8) is 0 Å². The minimum absolute atomic E-state index is 0.169. The van der Waals surface area contributed by atoms with Crippen LogP contribution in [0.2, 0.25) is 0 Å². The Morgan fingerprint density at radius 1 is 1.21 bits per heavy atom. The van der Waals surface area contributed by atoms with E-state index in [2.05, 4.69) is 27.4 Å². The van der Waals surface area contributed by atoms with Crippen molar-refractivity contribution in [1.82, 2.24) is 15.3 Å². The van der Waals surface area contributed by atoms with Crippen molar-refractivity contribution in [2.24, 2.45) is 0 Å². The predicted molar refractivity (Wildman–Crippen MR) is 76.1 cm³/mol. The molecule has 0 saturated carbocycles. The topological polar surface area (TPSA) is 54.9 Å². The predicted octanol–water partition coefficient (Wildman–Crippen LogP) is 2.39. The van der Waals surface area contributed by atoms with Crippen LogP contribution in [0.25, 0.3) is 0 Å². The number of benzene rings is 1. The summed E-state index contributed by atoms with van der Waals surface area (Å²) in [4.78, 5) is 20.7. The summed E-state index contributed by atoms with van der Waals surface area (Å²) in [5, 5.41) is 2.83. The first-order chi connectivity index (χ1) is 9.36. The summed E-state index contributed by atoms with van der Waals surface area (Å²) in [6.07, 6.45) is 5.45. The van der Waals surface area contributed by atoms with Gasteiger partial charge in [0.1, 0.15) is 5.69 Å². The van der Waals surface area contributed by atoms with Gasteiger partial charge < -0.3 is 5.32 Å². The Morgan fingerprint density at radius 2 is 2.05 bits per heavy atom. The average Bonchev–Trinajstić information content (AvgIpc) is 2.49. The van der Waals surface area contributed by atoms with Crippen molar-refractivity contribution in [2.75, 3.05) is 12.3 Å². The molecule has 0 spiro atoms. The number of hydrogen-bond donors (Lipinski definition) is 1. The van der Waals surface area contributed by atoms with Crippen molar-refractivity contribution >= 4 is 17.7 Å². The van der Waals surface area contributed by atoms with Crippen LogP contribution in [0.15, 0.2) is 53.8 Å². The molecule has 1 N–H and O–H groups in total. The van der Waals surface area contributed by atoms with Crippen LogP contribution in [-0.2, 0) is 0 Å². The number of thioether (sulfide) groups is 1. The minimum atomic E-state index is -0.169. The molecule has 2 aromatic rings. The number of nitrogens with one attached hydrogen (secondary N) is 1. The average molecular weight is 273 g/mol. The van der Waals surface area contributed by atoms with Crippen LogP contribution in [0.3, 0.4) is 0 Å². The highest BCUT2D eigenvalue weighted by Gasteiger charge is 2.05. The van der Waals surface area contributed by atoms with Gasteiger partial charge in [-0.3, -0.25) is 9.78 Å². The molecule has 0 aliphatic carbocycles. The molecule has 0 unspecified atom stereocenters. The smallest absolute Gasteiger partial charge is 0.271 e. The third kappa shape index (κ3) is 4.71. The zero-order valence-corrected chi connectivity index (χ0v) is 11.3. The Kier molecular flexibility index (Phi) is 5.37. The molecule has 1 aromatic carbocycles. The summed E-state index contributed by atoms with van der Waals surface area (Å²) in [5.41, 5.74) is 0.359. The zero-order chi connectivity index (χ0) is 13.3. The van der Waals surface area contributed by atoms with Gasteiger partial charge in [0.05, 0.1) is 6.20 Å². The first-order valence-corrected chi connectivity index (χ1v) is 7.07. The van der Waals surface area contributed by atoms with Gasteiger partial charge in [0.15, 0.2) is 0 Å². The molecule has 1 aromatic heterocycles. The maximum absolute atomic E-state index is 11.7. The zero-order valence-electron chi connectivity index (χ0n) is 10.5. The van der Waals surface area contributed by atoms with Crippen LogP contribution in [0, 0.1) is 0 Å². The number of nitrogens with zero attached hydrogens (tertiary/aromatic N) is 2. The molecular weight excluding hydrogens is 258 g/mol. The van der Waals surface area contributed by atoms with Crippen molar-refractivity contribution < 1.29 is 4.79 Å². The number of amides is 1. The van der Waals surface area contributed by atoms with E-state index in [0.717, 1.165) is 12.2 Å². The largest absolute Gasteiger partial charge is 0.351 e. The lowest BCUT2D eigenvalue weighted by Crippen LogP contribution is -2.25. The van der Waals surface area contributed by atoms with Crippen LogP contribution in [0.1, 0.15) is 16.9 Å². The van der Waals surface area contributed by atoms with Gasteiger partial charge in [0, 0.05) is 23.8 Å². The Balaban J connectivity index is 1.63. The van der Waals surface area contributed by atoms with Gasteiger partial charge in [-0.05, 0) is 24.3 Å². The lowest BCUT2D eigenvalue weighted by molar-refractivity contribution is 0.0948. The molecule has 98 valence electrons. The number of hydrogen-bond acceptors (Lipinski definition) is 4. The molecule has 0 aliphatic rings. The van der Waals surface area contributed by atoms with Crippen LogP contribution in [0.4, 0.5) is 0 Å². The Bertz CT molecular complexity index is 505. The Hall–Kier alpha value is -1.88. The fraction of sp³-hybridized carbons (Fsp3) is 0.214. The summed E-state index contributed by atoms with van der Waals surface area (Å²) in [5.74, 6) is 0.808. The lowest BCUT2D eigenvalue weighted by atomic mass is 10.4. The van der Waals surface area contributed by atoms with Gasteiger partial charge in [-0.25, -0.2) is 4.98 Å². The molecule has 0 radical (unpaired) electrons. The van der Waals surface area contributed by atoms with E-state index >= 15 is 0 Å². The Morgan fingerprint density at radius 3 is 2.79 bits per heavy atom. The van der Waals surface area contributed by atoms with E-state index < -0.39 is 0 Å². The van der Waals surface area contributed by atoms with Crippen molar-refractivity contribution in [2.45, 2.75) is 11.3 Å². The molecule has 0 atom stereocenters. The molecule has 0 aliphatic heterocycles. The van der Waals surface area contributed by atoms with Gasteiger partial charge in [-0.2, -0.15) is 0 Å². The number of carbonyl (C=O) groups is 1. The lowest BCUT2D eigenvalue weighted by Gasteiger charge is -2.04. The monoisotopic (exact) mass is 273 g/mol. The van der Waals surface area contributed by atoms with E-state index in [1.165, 1.54) is 17.3 Å². The molecule has 19 heavy (non-hydrogen) atoms. The highest BCUT2D eigenvalue weighted by atomic mass is 32.2. The first kappa shape index (κ1) is 13.5. The quantitative estimate of drug-likeness (QED) is 0.648. The normalized spacial score (nSPS) is 10.1. The third-order valence-electron chi connectivity index (χ3n) is 2.41. The van der Waals surface area contributed by atoms with Gasteiger partial charge in [0.2, 0.25) is 0 Å². The van der Waals surface area contributed by atoms with E-state index in [1.54, 1.807) is 18.0 Å². The molecule has 1 amide bonds. The summed E-state index contributed by atoms with van der Waals surface area (Å²) in [6.45, 7) is 0.648. The number of rotatable bonds is 6. The number of aromatic nitrogens is 2. The fourth-order valence-electron chi connectivity index (χ4n) is 1.49. The van der Waals surface area contributed by atoms with Crippen LogP contribution in [0.5, 0.6) is 0 Å². The molecular formula is C14H15N3OS. The van der Waals surface area contributed by atoms with Crippen LogP contribution >= 0.6 is 11.8 Å². The van der Waals surface area contributed by atoms with E-state index in [1.807, 2.05) is 18.2 Å². The van der Waals surface area contributed by atoms with E-state index in [4.69, 9.17) is 0 Å². The summed E-state index contributed by atoms with van der Waals surface area (Å²) < 4.78 is 0. The van der Waals surface area contributed by atoms with Gasteiger partial charge >= 0.3 is 0 Å². The summed E-state index contributed by atoms with van der Waals surface area (Å²) >= 11 is 1.79. The third-order valence-corrected chi connectivity index (χ3v) is 3.51. The van der Waals surface area contributed by atoms with Gasteiger partial charge in [-0.15, -0.1) is 11.8 Å². The van der Waals surface area contributed by atoms with Crippen LogP contribution in [-0.4, -0.2) is 28.2 Å². The number of carbonyl (C=O) groups excluding carboxylic acids is 1.